The number of allylic oxidation sites excluding steroid dienone is 2. The molecule has 0 aliphatic heterocycles. The van der Waals surface area contributed by atoms with E-state index in [1.54, 1.807) is 0 Å². The molecule has 0 aliphatic carbocycles. The van der Waals surface area contributed by atoms with E-state index >= 15 is 0 Å². The standard InChI is InChI=1S/C38H74NO8P/c1-3-5-7-9-11-13-15-17-19-20-22-24-26-28-30-37(40)44-34-36(35-46-48(42,43)45-33-32-39)47-38(41)31-29-27-25-23-21-18-16-14-12-10-8-6-4-2/h14,16,36H,3-13,15,17-35,39H2,1-2H3,(H,42,43)/b16-14+/t36-/m1/s1. The number of nitrogens with two attached hydrogens (primary N) is 1. The highest BCUT2D eigenvalue weighted by molar-refractivity contribution is 7.47. The fourth-order valence-electron chi connectivity index (χ4n) is 5.45. The van der Waals surface area contributed by atoms with Crippen molar-refractivity contribution in [2.45, 2.75) is 193 Å². The number of carbonyl (C=O) groups is 2. The number of hydrogen-bond acceptors (Lipinski definition) is 8. The summed E-state index contributed by atoms with van der Waals surface area (Å²) in [5.74, 6) is -0.832. The van der Waals surface area contributed by atoms with Gasteiger partial charge >= 0.3 is 19.8 Å². The van der Waals surface area contributed by atoms with Gasteiger partial charge in [0.1, 0.15) is 6.61 Å². The van der Waals surface area contributed by atoms with Crippen molar-refractivity contribution in [3.8, 4) is 0 Å². The quantitative estimate of drug-likeness (QED) is 0.0280. The van der Waals surface area contributed by atoms with E-state index in [9.17, 15) is 19.0 Å². The van der Waals surface area contributed by atoms with Crippen molar-refractivity contribution in [3.05, 3.63) is 12.2 Å². The average Bonchev–Trinajstić information content (AvgIpc) is 3.07. The zero-order valence-corrected chi connectivity index (χ0v) is 31.9. The fraction of sp³-hybridized carbons (Fsp3) is 0.895. The largest absolute Gasteiger partial charge is 0.472 e. The highest BCUT2D eigenvalue weighted by atomic mass is 31.2. The smallest absolute Gasteiger partial charge is 0.462 e. The highest BCUT2D eigenvalue weighted by Crippen LogP contribution is 2.43. The Labute approximate surface area is 294 Å². The topological polar surface area (TPSA) is 134 Å². The van der Waals surface area contributed by atoms with Crippen molar-refractivity contribution in [2.75, 3.05) is 26.4 Å². The molecule has 0 saturated heterocycles. The van der Waals surface area contributed by atoms with Crippen LogP contribution in [0.15, 0.2) is 12.2 Å². The average molecular weight is 704 g/mol. The van der Waals surface area contributed by atoms with Crippen LogP contribution in [0.4, 0.5) is 0 Å². The number of phosphoric acid groups is 1. The van der Waals surface area contributed by atoms with E-state index in [2.05, 4.69) is 26.0 Å². The third kappa shape index (κ3) is 34.6. The zero-order chi connectivity index (χ0) is 35.4. The molecule has 48 heavy (non-hydrogen) atoms. The van der Waals surface area contributed by atoms with Crippen LogP contribution in [0.3, 0.4) is 0 Å². The molecule has 0 aromatic rings. The van der Waals surface area contributed by atoms with Crippen LogP contribution >= 0.6 is 7.82 Å². The summed E-state index contributed by atoms with van der Waals surface area (Å²) in [5, 5.41) is 0. The Morgan fingerprint density at radius 3 is 1.50 bits per heavy atom. The predicted molar refractivity (Wildman–Crippen MR) is 197 cm³/mol. The van der Waals surface area contributed by atoms with Gasteiger partial charge in [0.15, 0.2) is 6.10 Å². The van der Waals surface area contributed by atoms with Gasteiger partial charge in [-0.05, 0) is 38.5 Å². The van der Waals surface area contributed by atoms with Crippen molar-refractivity contribution < 1.29 is 37.6 Å². The molecule has 0 aromatic heterocycles. The van der Waals surface area contributed by atoms with Gasteiger partial charge < -0.3 is 20.1 Å². The van der Waals surface area contributed by atoms with Gasteiger partial charge in [0.25, 0.3) is 0 Å². The Bertz CT molecular complexity index is 810. The lowest BCUT2D eigenvalue weighted by atomic mass is 10.0. The van der Waals surface area contributed by atoms with E-state index in [1.807, 2.05) is 0 Å². The fourth-order valence-corrected chi connectivity index (χ4v) is 6.22. The van der Waals surface area contributed by atoms with Crippen molar-refractivity contribution in [1.82, 2.24) is 0 Å². The van der Waals surface area contributed by atoms with Gasteiger partial charge in [-0.15, -0.1) is 0 Å². The first-order chi connectivity index (χ1) is 23.3. The summed E-state index contributed by atoms with van der Waals surface area (Å²) in [7, 11) is -4.37. The molecule has 3 N–H and O–H groups in total. The molecule has 0 heterocycles. The molecular weight excluding hydrogens is 629 g/mol. The second kappa shape index (κ2) is 35.6. The number of esters is 2. The van der Waals surface area contributed by atoms with Crippen molar-refractivity contribution >= 4 is 19.8 Å². The molecule has 0 radical (unpaired) electrons. The first-order valence-electron chi connectivity index (χ1n) is 19.7. The Morgan fingerprint density at radius 1 is 0.604 bits per heavy atom. The maximum absolute atomic E-state index is 12.5. The summed E-state index contributed by atoms with van der Waals surface area (Å²) in [4.78, 5) is 34.7. The minimum absolute atomic E-state index is 0.0546. The van der Waals surface area contributed by atoms with Crippen LogP contribution in [-0.4, -0.2) is 49.3 Å². The van der Waals surface area contributed by atoms with Crippen LogP contribution in [0.5, 0.6) is 0 Å². The summed E-state index contributed by atoms with van der Waals surface area (Å²) >= 11 is 0. The van der Waals surface area contributed by atoms with E-state index in [1.165, 1.54) is 103 Å². The molecule has 284 valence electrons. The lowest BCUT2D eigenvalue weighted by Crippen LogP contribution is -2.29. The van der Waals surface area contributed by atoms with E-state index < -0.39 is 26.5 Å². The highest BCUT2D eigenvalue weighted by Gasteiger charge is 2.25. The maximum atomic E-state index is 12.5. The van der Waals surface area contributed by atoms with Crippen LogP contribution in [0.1, 0.15) is 187 Å². The molecule has 1 unspecified atom stereocenters. The van der Waals surface area contributed by atoms with E-state index in [-0.39, 0.29) is 38.6 Å². The number of phosphoric ester groups is 1. The molecule has 9 nitrogen and oxygen atoms in total. The van der Waals surface area contributed by atoms with Crippen LogP contribution < -0.4 is 5.73 Å². The van der Waals surface area contributed by atoms with Gasteiger partial charge in [-0.25, -0.2) is 4.57 Å². The van der Waals surface area contributed by atoms with Crippen molar-refractivity contribution in [1.29, 1.82) is 0 Å². The molecular formula is C38H74NO8P. The molecule has 0 aliphatic rings. The summed E-state index contributed by atoms with van der Waals surface area (Å²) in [5.41, 5.74) is 5.33. The van der Waals surface area contributed by atoms with Gasteiger partial charge in [-0.1, -0.05) is 148 Å². The summed E-state index contributed by atoms with van der Waals surface area (Å²) < 4.78 is 32.7. The molecule has 0 aromatic carbocycles. The number of unbranched alkanes of at least 4 members (excludes halogenated alkanes) is 22. The molecule has 10 heteroatoms. The minimum Gasteiger partial charge on any atom is -0.462 e. The van der Waals surface area contributed by atoms with Gasteiger partial charge in [-0.2, -0.15) is 0 Å². The number of carbonyl (C=O) groups excluding carboxylic acids is 2. The van der Waals surface area contributed by atoms with Gasteiger partial charge in [0, 0.05) is 19.4 Å². The van der Waals surface area contributed by atoms with Crippen LogP contribution in [0.2, 0.25) is 0 Å². The van der Waals surface area contributed by atoms with Crippen LogP contribution in [0.25, 0.3) is 0 Å². The predicted octanol–water partition coefficient (Wildman–Crippen LogP) is 10.7. The number of hydrogen-bond donors (Lipinski definition) is 2. The molecule has 0 spiro atoms. The third-order valence-electron chi connectivity index (χ3n) is 8.40. The molecule has 0 fully saturated rings. The summed E-state index contributed by atoms with van der Waals surface area (Å²) in [6.07, 6.45) is 33.8. The summed E-state index contributed by atoms with van der Waals surface area (Å²) in [6, 6.07) is 0. The second-order valence-corrected chi connectivity index (χ2v) is 14.6. The first kappa shape index (κ1) is 46.8. The molecule has 2 atom stereocenters. The van der Waals surface area contributed by atoms with Gasteiger partial charge in [-0.3, -0.25) is 18.6 Å². The minimum atomic E-state index is -4.37. The van der Waals surface area contributed by atoms with Crippen LogP contribution in [0, 0.1) is 0 Å². The van der Waals surface area contributed by atoms with E-state index in [4.69, 9.17) is 24.3 Å². The molecule has 0 amide bonds. The van der Waals surface area contributed by atoms with Gasteiger partial charge in [0.2, 0.25) is 0 Å². The Hall–Kier alpha value is -1.25. The Kier molecular flexibility index (Phi) is 34.6. The van der Waals surface area contributed by atoms with Crippen molar-refractivity contribution in [3.63, 3.8) is 0 Å². The normalized spacial score (nSPS) is 13.5. The van der Waals surface area contributed by atoms with E-state index in [0.29, 0.717) is 6.42 Å². The zero-order valence-electron chi connectivity index (χ0n) is 31.0. The van der Waals surface area contributed by atoms with Gasteiger partial charge in [0.05, 0.1) is 13.2 Å². The number of ether oxygens (including phenoxy) is 2. The molecule has 0 rings (SSSR count). The molecule has 0 saturated carbocycles. The molecule has 0 bridgehead atoms. The van der Waals surface area contributed by atoms with Crippen LogP contribution in [-0.2, 0) is 32.7 Å². The SMILES string of the molecule is CCCCCC/C=C/CCCCCCCC(=O)O[C@H](COC(=O)CCCCCCCCCCCCCCCC)COP(=O)(O)OCCN. The maximum Gasteiger partial charge on any atom is 0.472 e. The Balaban J connectivity index is 4.20. The second-order valence-electron chi connectivity index (χ2n) is 13.2. The first-order valence-corrected chi connectivity index (χ1v) is 21.2. The van der Waals surface area contributed by atoms with Crippen molar-refractivity contribution in [2.24, 2.45) is 5.73 Å². The lowest BCUT2D eigenvalue weighted by Gasteiger charge is -2.19. The summed E-state index contributed by atoms with van der Waals surface area (Å²) in [6.45, 7) is 3.71. The lowest BCUT2D eigenvalue weighted by molar-refractivity contribution is -0.161. The third-order valence-corrected chi connectivity index (χ3v) is 9.39. The van der Waals surface area contributed by atoms with E-state index in [0.717, 1.165) is 51.4 Å². The Morgan fingerprint density at radius 2 is 1.02 bits per heavy atom. The monoisotopic (exact) mass is 704 g/mol. The number of rotatable bonds is 37.